The van der Waals surface area contributed by atoms with E-state index in [1.54, 1.807) is 0 Å². The normalized spacial score (nSPS) is 19.9. The van der Waals surface area contributed by atoms with E-state index in [0.717, 1.165) is 47.7 Å². The number of halogens is 1. The minimum Gasteiger partial charge on any atom is -0.425 e. The molecule has 1 saturated carbocycles. The van der Waals surface area contributed by atoms with Crippen LogP contribution in [0.4, 0.5) is 0 Å². The van der Waals surface area contributed by atoms with Crippen molar-refractivity contribution < 1.29 is 14.3 Å². The molecule has 5 rings (SSSR count). The van der Waals surface area contributed by atoms with Crippen LogP contribution in [0.15, 0.2) is 95.0 Å². The fraction of sp³-hybridized carbons (Fsp3) is 0.241. The lowest BCUT2D eigenvalue weighted by atomic mass is 9.59. The summed E-state index contributed by atoms with van der Waals surface area (Å²) in [6.45, 7) is 0. The van der Waals surface area contributed by atoms with Crippen molar-refractivity contribution in [2.24, 2.45) is 5.41 Å². The average Bonchev–Trinajstić information content (AvgIpc) is 2.87. The smallest absolute Gasteiger partial charge is 0.318 e. The Kier molecular flexibility index (Phi) is 6.03. The van der Waals surface area contributed by atoms with E-state index >= 15 is 0 Å². The summed E-state index contributed by atoms with van der Waals surface area (Å²) in [6.07, 6.45) is 4.45. The Labute approximate surface area is 202 Å². The van der Waals surface area contributed by atoms with Crippen LogP contribution < -0.4 is 0 Å². The summed E-state index contributed by atoms with van der Waals surface area (Å²) in [5, 5.41) is 0. The van der Waals surface area contributed by atoms with Gasteiger partial charge in [-0.3, -0.25) is 9.59 Å². The second kappa shape index (κ2) is 9.11. The predicted molar refractivity (Wildman–Crippen MR) is 133 cm³/mol. The van der Waals surface area contributed by atoms with Gasteiger partial charge < -0.3 is 4.74 Å². The molecule has 1 heterocycles. The van der Waals surface area contributed by atoms with E-state index in [2.05, 4.69) is 15.9 Å². The minimum absolute atomic E-state index is 0.0835. The van der Waals surface area contributed by atoms with Crippen molar-refractivity contribution in [2.45, 2.75) is 38.0 Å². The van der Waals surface area contributed by atoms with E-state index in [9.17, 15) is 9.59 Å². The van der Waals surface area contributed by atoms with Crippen molar-refractivity contribution in [3.05, 3.63) is 112 Å². The molecule has 4 heteroatoms. The number of esters is 1. The first-order valence-electron chi connectivity index (χ1n) is 11.5. The second-order valence-electron chi connectivity index (χ2n) is 8.89. The largest absolute Gasteiger partial charge is 0.425 e. The first-order valence-corrected chi connectivity index (χ1v) is 12.3. The molecular weight excluding hydrogens is 476 g/mol. The zero-order valence-electron chi connectivity index (χ0n) is 18.3. The molecule has 3 aromatic carbocycles. The van der Waals surface area contributed by atoms with Crippen molar-refractivity contribution in [3.8, 4) is 0 Å². The van der Waals surface area contributed by atoms with Crippen molar-refractivity contribution in [1.82, 2.24) is 0 Å². The van der Waals surface area contributed by atoms with Crippen molar-refractivity contribution in [2.75, 3.05) is 0 Å². The Bertz CT molecular complexity index is 1190. The fourth-order valence-electron chi connectivity index (χ4n) is 5.37. The number of Topliss-reactive ketones (excluding diaryl/α,β-unsaturated/α-hetero) is 1. The highest BCUT2D eigenvalue weighted by atomic mass is 79.9. The Morgan fingerprint density at radius 1 is 0.818 bits per heavy atom. The van der Waals surface area contributed by atoms with Crippen molar-refractivity contribution in [3.63, 3.8) is 0 Å². The van der Waals surface area contributed by atoms with Crippen LogP contribution in [-0.4, -0.2) is 11.8 Å². The van der Waals surface area contributed by atoms with Gasteiger partial charge in [0.05, 0.1) is 11.0 Å². The zero-order chi connectivity index (χ0) is 22.8. The van der Waals surface area contributed by atoms with Crippen LogP contribution in [0.25, 0.3) is 5.76 Å². The number of rotatable bonds is 4. The number of ether oxygens (including phenoxy) is 1. The van der Waals surface area contributed by atoms with E-state index in [1.165, 1.54) is 0 Å². The average molecular weight is 501 g/mol. The molecular formula is C29H25BrO3. The van der Waals surface area contributed by atoms with E-state index in [1.807, 2.05) is 84.9 Å². The second-order valence-corrected chi connectivity index (χ2v) is 9.81. The van der Waals surface area contributed by atoms with Crippen molar-refractivity contribution in [1.29, 1.82) is 0 Å². The molecule has 1 unspecified atom stereocenters. The molecule has 0 bridgehead atoms. The molecule has 1 spiro atoms. The topological polar surface area (TPSA) is 43.4 Å². The van der Waals surface area contributed by atoms with E-state index in [4.69, 9.17) is 4.74 Å². The van der Waals surface area contributed by atoms with Gasteiger partial charge in [0.25, 0.3) is 0 Å². The monoisotopic (exact) mass is 500 g/mol. The van der Waals surface area contributed by atoms with Crippen LogP contribution in [-0.2, 0) is 9.53 Å². The van der Waals surface area contributed by atoms with Gasteiger partial charge in [-0.25, -0.2) is 0 Å². The van der Waals surface area contributed by atoms with E-state index in [0.29, 0.717) is 16.9 Å². The molecule has 0 N–H and O–H groups in total. The molecule has 3 nitrogen and oxygen atoms in total. The third-order valence-corrected chi connectivity index (χ3v) is 7.48. The van der Waals surface area contributed by atoms with E-state index < -0.39 is 5.41 Å². The zero-order valence-corrected chi connectivity index (χ0v) is 19.9. The van der Waals surface area contributed by atoms with Gasteiger partial charge in [-0.15, -0.1) is 0 Å². The molecule has 0 amide bonds. The summed E-state index contributed by atoms with van der Waals surface area (Å²) in [5.74, 6) is -0.271. The van der Waals surface area contributed by atoms with Crippen LogP contribution in [0.1, 0.15) is 59.5 Å². The highest BCUT2D eigenvalue weighted by Gasteiger charge is 2.55. The Morgan fingerprint density at radius 3 is 2.06 bits per heavy atom. The van der Waals surface area contributed by atoms with Crippen LogP contribution in [0.3, 0.4) is 0 Å². The maximum Gasteiger partial charge on any atom is 0.318 e. The quantitative estimate of drug-likeness (QED) is 0.278. The van der Waals surface area contributed by atoms with Gasteiger partial charge in [-0.1, -0.05) is 108 Å². The number of ketones is 1. The third-order valence-electron chi connectivity index (χ3n) is 6.95. The molecule has 1 fully saturated rings. The molecule has 0 aromatic heterocycles. The first kappa shape index (κ1) is 21.8. The summed E-state index contributed by atoms with van der Waals surface area (Å²) in [6, 6.07) is 26.9. The standard InChI is InChI=1S/C29H25BrO3/c30-23-16-14-20(15-17-23)25-24(26(31)21-10-4-1-5-11-21)27(22-12-6-2-7-13-22)33-28(32)29(25)18-8-3-9-19-29/h1-2,4-7,10-17,25H,3,8-9,18-19H2. The Morgan fingerprint density at radius 2 is 1.42 bits per heavy atom. The predicted octanol–water partition coefficient (Wildman–Crippen LogP) is 7.33. The summed E-state index contributed by atoms with van der Waals surface area (Å²) >= 11 is 3.53. The Balaban J connectivity index is 1.80. The van der Waals surface area contributed by atoms with Gasteiger partial charge >= 0.3 is 5.97 Å². The molecule has 166 valence electrons. The number of carbonyl (C=O) groups excluding carboxylic acids is 2. The molecule has 3 aromatic rings. The molecule has 0 saturated heterocycles. The van der Waals surface area contributed by atoms with Gasteiger partial charge in [0.2, 0.25) is 0 Å². The molecule has 1 aliphatic carbocycles. The van der Waals surface area contributed by atoms with Crippen LogP contribution in [0, 0.1) is 5.41 Å². The SMILES string of the molecule is O=C(C1=C(c2ccccc2)OC(=O)C2(CCCCC2)C1c1ccc(Br)cc1)c1ccccc1. The summed E-state index contributed by atoms with van der Waals surface area (Å²) < 4.78 is 7.07. The van der Waals surface area contributed by atoms with Gasteiger partial charge in [0, 0.05) is 21.5 Å². The molecule has 0 radical (unpaired) electrons. The maximum atomic E-state index is 14.1. The summed E-state index contributed by atoms with van der Waals surface area (Å²) in [7, 11) is 0. The van der Waals surface area contributed by atoms with Gasteiger partial charge in [0.1, 0.15) is 5.76 Å². The van der Waals surface area contributed by atoms with Gasteiger partial charge in [0.15, 0.2) is 5.78 Å². The third kappa shape index (κ3) is 3.97. The molecule has 33 heavy (non-hydrogen) atoms. The summed E-state index contributed by atoms with van der Waals surface area (Å²) in [4.78, 5) is 27.8. The van der Waals surface area contributed by atoms with Gasteiger partial charge in [-0.05, 0) is 30.5 Å². The lowest BCUT2D eigenvalue weighted by Gasteiger charge is -2.45. The van der Waals surface area contributed by atoms with Crippen LogP contribution in [0.5, 0.6) is 0 Å². The minimum atomic E-state index is -0.732. The number of hydrogen-bond donors (Lipinski definition) is 0. The molecule has 1 aliphatic heterocycles. The Hall–Kier alpha value is -2.98. The van der Waals surface area contributed by atoms with Gasteiger partial charge in [-0.2, -0.15) is 0 Å². The maximum absolute atomic E-state index is 14.1. The highest BCUT2D eigenvalue weighted by Crippen LogP contribution is 2.56. The number of hydrogen-bond acceptors (Lipinski definition) is 3. The van der Waals surface area contributed by atoms with Crippen LogP contribution in [0.2, 0.25) is 0 Å². The summed E-state index contributed by atoms with van der Waals surface area (Å²) in [5.41, 5.74) is 2.18. The van der Waals surface area contributed by atoms with Crippen molar-refractivity contribution >= 4 is 33.4 Å². The van der Waals surface area contributed by atoms with Crippen LogP contribution >= 0.6 is 15.9 Å². The molecule has 1 atom stereocenters. The first-order chi connectivity index (χ1) is 16.1. The number of cyclic esters (lactones) is 1. The number of allylic oxidation sites excluding steroid dienone is 1. The highest BCUT2D eigenvalue weighted by molar-refractivity contribution is 9.10. The lowest BCUT2D eigenvalue weighted by Crippen LogP contribution is -2.45. The molecule has 2 aliphatic rings. The number of benzene rings is 3. The number of carbonyl (C=O) groups is 2. The van der Waals surface area contributed by atoms with E-state index in [-0.39, 0.29) is 17.7 Å². The lowest BCUT2D eigenvalue weighted by molar-refractivity contribution is -0.153. The fourth-order valence-corrected chi connectivity index (χ4v) is 5.64.